The first kappa shape index (κ1) is 12.3. The third-order valence-electron chi connectivity index (χ3n) is 4.64. The van der Waals surface area contributed by atoms with Crippen LogP contribution in [0, 0.1) is 17.8 Å². The zero-order chi connectivity index (χ0) is 11.7. The van der Waals surface area contributed by atoms with Gasteiger partial charge < -0.3 is 15.3 Å². The SMILES string of the molecule is CC1CCC(C2CCC(O)CC2O)CC1O. The summed E-state index contributed by atoms with van der Waals surface area (Å²) in [4.78, 5) is 0. The van der Waals surface area contributed by atoms with Crippen molar-refractivity contribution >= 4 is 0 Å². The highest BCUT2D eigenvalue weighted by molar-refractivity contribution is 4.88. The summed E-state index contributed by atoms with van der Waals surface area (Å²) in [5.74, 6) is 1.15. The van der Waals surface area contributed by atoms with Crippen LogP contribution in [-0.2, 0) is 0 Å². The molecule has 0 saturated heterocycles. The summed E-state index contributed by atoms with van der Waals surface area (Å²) in [5.41, 5.74) is 0. The average Bonchev–Trinajstić information content (AvgIpc) is 2.22. The molecule has 0 radical (unpaired) electrons. The van der Waals surface area contributed by atoms with Gasteiger partial charge in [-0.3, -0.25) is 0 Å². The molecule has 2 fully saturated rings. The third kappa shape index (κ3) is 2.58. The van der Waals surface area contributed by atoms with Gasteiger partial charge in [-0.15, -0.1) is 0 Å². The van der Waals surface area contributed by atoms with Crippen LogP contribution >= 0.6 is 0 Å². The van der Waals surface area contributed by atoms with Gasteiger partial charge in [0.1, 0.15) is 0 Å². The zero-order valence-corrected chi connectivity index (χ0v) is 10.0. The second-order valence-corrected chi connectivity index (χ2v) is 5.82. The van der Waals surface area contributed by atoms with E-state index < -0.39 is 0 Å². The first-order chi connectivity index (χ1) is 7.58. The Hall–Kier alpha value is -0.120. The predicted molar refractivity (Wildman–Crippen MR) is 61.9 cm³/mol. The highest BCUT2D eigenvalue weighted by Crippen LogP contribution is 2.40. The minimum Gasteiger partial charge on any atom is -0.393 e. The maximum atomic E-state index is 10.0. The summed E-state index contributed by atoms with van der Waals surface area (Å²) in [5, 5.41) is 29.4. The van der Waals surface area contributed by atoms with Crippen LogP contribution in [0.5, 0.6) is 0 Å². The van der Waals surface area contributed by atoms with Gasteiger partial charge in [-0.1, -0.05) is 6.92 Å². The molecular formula is C13H24O3. The molecule has 3 nitrogen and oxygen atoms in total. The van der Waals surface area contributed by atoms with E-state index in [9.17, 15) is 15.3 Å². The standard InChI is InChI=1S/C13H24O3/c1-8-2-3-9(6-12(8)15)11-5-4-10(14)7-13(11)16/h8-16H,2-7H2,1H3. The van der Waals surface area contributed by atoms with E-state index >= 15 is 0 Å². The van der Waals surface area contributed by atoms with Gasteiger partial charge in [-0.25, -0.2) is 0 Å². The Morgan fingerprint density at radius 3 is 2.19 bits per heavy atom. The van der Waals surface area contributed by atoms with Crippen LogP contribution in [-0.4, -0.2) is 33.6 Å². The fraction of sp³-hybridized carbons (Fsp3) is 1.00. The molecule has 2 aliphatic carbocycles. The minimum atomic E-state index is -0.366. The van der Waals surface area contributed by atoms with Crippen molar-refractivity contribution in [1.29, 1.82) is 0 Å². The molecule has 0 aliphatic heterocycles. The first-order valence-electron chi connectivity index (χ1n) is 6.62. The summed E-state index contributed by atoms with van der Waals surface area (Å²) in [6, 6.07) is 0. The van der Waals surface area contributed by atoms with E-state index in [1.54, 1.807) is 0 Å². The van der Waals surface area contributed by atoms with Crippen molar-refractivity contribution in [3.63, 3.8) is 0 Å². The van der Waals surface area contributed by atoms with E-state index in [1.807, 2.05) is 0 Å². The lowest BCUT2D eigenvalue weighted by Gasteiger charge is -2.40. The van der Waals surface area contributed by atoms with Crippen LogP contribution in [0.3, 0.4) is 0 Å². The van der Waals surface area contributed by atoms with E-state index in [1.165, 1.54) is 0 Å². The maximum absolute atomic E-state index is 10.0. The Balaban J connectivity index is 1.92. The predicted octanol–water partition coefficient (Wildman–Crippen LogP) is 1.31. The summed E-state index contributed by atoms with van der Waals surface area (Å²) < 4.78 is 0. The molecular weight excluding hydrogens is 204 g/mol. The lowest BCUT2D eigenvalue weighted by atomic mass is 9.69. The van der Waals surface area contributed by atoms with Crippen LogP contribution < -0.4 is 0 Å². The van der Waals surface area contributed by atoms with E-state index in [2.05, 4.69) is 6.92 Å². The Kier molecular flexibility index (Phi) is 3.88. The monoisotopic (exact) mass is 228 g/mol. The second-order valence-electron chi connectivity index (χ2n) is 5.82. The van der Waals surface area contributed by atoms with Gasteiger partial charge >= 0.3 is 0 Å². The molecule has 3 N–H and O–H groups in total. The molecule has 2 rings (SSSR count). The third-order valence-corrected chi connectivity index (χ3v) is 4.64. The number of aliphatic hydroxyl groups excluding tert-OH is 3. The highest BCUT2D eigenvalue weighted by atomic mass is 16.3. The Morgan fingerprint density at radius 1 is 0.812 bits per heavy atom. The largest absolute Gasteiger partial charge is 0.393 e. The van der Waals surface area contributed by atoms with Crippen molar-refractivity contribution in [1.82, 2.24) is 0 Å². The maximum Gasteiger partial charge on any atom is 0.0595 e. The van der Waals surface area contributed by atoms with Crippen LogP contribution in [0.15, 0.2) is 0 Å². The van der Waals surface area contributed by atoms with Gasteiger partial charge in [0.15, 0.2) is 0 Å². The molecule has 16 heavy (non-hydrogen) atoms. The zero-order valence-electron chi connectivity index (χ0n) is 10.0. The van der Waals surface area contributed by atoms with Crippen molar-refractivity contribution in [2.45, 2.75) is 63.8 Å². The smallest absolute Gasteiger partial charge is 0.0595 e. The average molecular weight is 228 g/mol. The fourth-order valence-corrected chi connectivity index (χ4v) is 3.42. The van der Waals surface area contributed by atoms with E-state index in [-0.39, 0.29) is 18.3 Å². The van der Waals surface area contributed by atoms with Crippen LogP contribution in [0.25, 0.3) is 0 Å². The van der Waals surface area contributed by atoms with Crippen LogP contribution in [0.4, 0.5) is 0 Å². The molecule has 6 atom stereocenters. The number of rotatable bonds is 1. The van der Waals surface area contributed by atoms with Crippen molar-refractivity contribution in [3.8, 4) is 0 Å². The summed E-state index contributed by atoms with van der Waals surface area (Å²) >= 11 is 0. The second kappa shape index (κ2) is 5.03. The molecule has 0 bridgehead atoms. The van der Waals surface area contributed by atoms with Crippen molar-refractivity contribution in [2.75, 3.05) is 0 Å². The number of hydrogen-bond donors (Lipinski definition) is 3. The van der Waals surface area contributed by atoms with Crippen LogP contribution in [0.2, 0.25) is 0 Å². The molecule has 0 heterocycles. The van der Waals surface area contributed by atoms with Gasteiger partial charge in [0.05, 0.1) is 18.3 Å². The molecule has 6 unspecified atom stereocenters. The molecule has 0 aromatic rings. The number of hydrogen-bond acceptors (Lipinski definition) is 3. The van der Waals surface area contributed by atoms with Crippen molar-refractivity contribution < 1.29 is 15.3 Å². The molecule has 0 aromatic heterocycles. The molecule has 3 heteroatoms. The van der Waals surface area contributed by atoms with Gasteiger partial charge in [0.25, 0.3) is 0 Å². The molecule has 0 amide bonds. The van der Waals surface area contributed by atoms with E-state index in [0.29, 0.717) is 24.2 Å². The van der Waals surface area contributed by atoms with E-state index in [0.717, 1.165) is 32.1 Å². The normalized spacial score (nSPS) is 50.2. The Morgan fingerprint density at radius 2 is 1.56 bits per heavy atom. The number of aliphatic hydroxyl groups is 3. The minimum absolute atomic E-state index is 0.196. The summed E-state index contributed by atoms with van der Waals surface area (Å²) in [6.45, 7) is 2.10. The highest BCUT2D eigenvalue weighted by Gasteiger charge is 2.37. The quantitative estimate of drug-likeness (QED) is 0.634. The summed E-state index contributed by atoms with van der Waals surface area (Å²) in [7, 11) is 0. The van der Waals surface area contributed by atoms with E-state index in [4.69, 9.17) is 0 Å². The lowest BCUT2D eigenvalue weighted by molar-refractivity contribution is -0.0466. The van der Waals surface area contributed by atoms with Gasteiger partial charge in [0.2, 0.25) is 0 Å². The van der Waals surface area contributed by atoms with Crippen molar-refractivity contribution in [2.24, 2.45) is 17.8 Å². The molecule has 0 spiro atoms. The Labute approximate surface area is 97.5 Å². The summed E-state index contributed by atoms with van der Waals surface area (Å²) in [6.07, 6.45) is 4.38. The topological polar surface area (TPSA) is 60.7 Å². The Bertz CT molecular complexity index is 231. The first-order valence-corrected chi connectivity index (χ1v) is 6.62. The molecule has 94 valence electrons. The molecule has 2 aliphatic rings. The lowest BCUT2D eigenvalue weighted by Crippen LogP contribution is -2.40. The fourth-order valence-electron chi connectivity index (χ4n) is 3.42. The van der Waals surface area contributed by atoms with Crippen molar-refractivity contribution in [3.05, 3.63) is 0 Å². The van der Waals surface area contributed by atoms with Gasteiger partial charge in [-0.05, 0) is 56.3 Å². The van der Waals surface area contributed by atoms with Gasteiger partial charge in [-0.2, -0.15) is 0 Å². The molecule has 2 saturated carbocycles. The molecule has 0 aromatic carbocycles. The van der Waals surface area contributed by atoms with Gasteiger partial charge in [0, 0.05) is 0 Å². The van der Waals surface area contributed by atoms with Crippen LogP contribution in [0.1, 0.15) is 45.4 Å².